The number of rotatable bonds is 6. The maximum absolute atomic E-state index is 11.3. The molecule has 0 fully saturated rings. The van der Waals surface area contributed by atoms with Gasteiger partial charge in [-0.2, -0.15) is 0 Å². The summed E-state index contributed by atoms with van der Waals surface area (Å²) in [5.41, 5.74) is 1.28. The second-order valence-electron chi connectivity index (χ2n) is 4.42. The summed E-state index contributed by atoms with van der Waals surface area (Å²) in [7, 11) is 3.08. The van der Waals surface area contributed by atoms with Crippen molar-refractivity contribution in [3.63, 3.8) is 0 Å². The highest BCUT2D eigenvalue weighted by Gasteiger charge is 2.25. The molecule has 0 bridgehead atoms. The molecule has 1 radical (unpaired) electrons. The summed E-state index contributed by atoms with van der Waals surface area (Å²) < 4.78 is 10.4. The van der Waals surface area contributed by atoms with Gasteiger partial charge < -0.3 is 9.47 Å². The summed E-state index contributed by atoms with van der Waals surface area (Å²) in [6, 6.07) is 13.1. The summed E-state index contributed by atoms with van der Waals surface area (Å²) in [5, 5.41) is 11.3. The first-order valence-corrected chi connectivity index (χ1v) is 6.41. The van der Waals surface area contributed by atoms with Crippen molar-refractivity contribution in [1.29, 1.82) is 0 Å². The first-order valence-electron chi connectivity index (χ1n) is 6.41. The lowest BCUT2D eigenvalue weighted by Crippen LogP contribution is -2.12. The Balaban J connectivity index is 2.31. The van der Waals surface area contributed by atoms with Gasteiger partial charge in [0.05, 0.1) is 20.6 Å². The minimum atomic E-state index is -0.923. The molecule has 0 N–H and O–H groups in total. The average Bonchev–Trinajstić information content (AvgIpc) is 2.53. The van der Waals surface area contributed by atoms with E-state index in [2.05, 4.69) is 0 Å². The van der Waals surface area contributed by atoms with Crippen molar-refractivity contribution < 1.29 is 14.4 Å². The van der Waals surface area contributed by atoms with E-state index in [1.165, 1.54) is 7.11 Å². The molecule has 1 unspecified atom stereocenters. The van der Waals surface area contributed by atoms with Crippen molar-refractivity contribution >= 4 is 0 Å². The Labute approximate surface area is 123 Å². The summed E-state index contributed by atoms with van der Waals surface area (Å²) in [6.45, 7) is 0. The predicted molar refractivity (Wildman–Crippen MR) is 79.1 cm³/mol. The zero-order valence-corrected chi connectivity index (χ0v) is 11.9. The Bertz CT molecular complexity index is 613. The monoisotopic (exact) mass is 286 g/mol. The first kappa shape index (κ1) is 14.8. The van der Waals surface area contributed by atoms with Crippen LogP contribution in [0.5, 0.6) is 11.5 Å². The van der Waals surface area contributed by atoms with Crippen molar-refractivity contribution in [3.05, 3.63) is 76.2 Å². The van der Waals surface area contributed by atoms with E-state index in [0.717, 1.165) is 0 Å². The molecule has 21 heavy (non-hydrogen) atoms. The molecule has 5 nitrogen and oxygen atoms in total. The third-order valence-corrected chi connectivity index (χ3v) is 3.15. The third-order valence-electron chi connectivity index (χ3n) is 3.15. The molecule has 0 aliphatic rings. The van der Waals surface area contributed by atoms with Crippen LogP contribution in [0.1, 0.15) is 17.2 Å². The zero-order chi connectivity index (χ0) is 15.2. The molecular weight excluding hydrogens is 270 g/mol. The molecule has 2 aromatic rings. The highest BCUT2D eigenvalue weighted by atomic mass is 16.6. The van der Waals surface area contributed by atoms with Crippen LogP contribution in [0.15, 0.2) is 48.5 Å². The van der Waals surface area contributed by atoms with Crippen LogP contribution in [0.4, 0.5) is 0 Å². The highest BCUT2D eigenvalue weighted by molar-refractivity contribution is 5.45. The lowest BCUT2D eigenvalue weighted by Gasteiger charge is -2.13. The molecule has 0 saturated heterocycles. The van der Waals surface area contributed by atoms with Gasteiger partial charge >= 0.3 is 0 Å². The SMILES string of the molecule is COc1ccc([CH]C(c2ccccc2)[N+](=O)[O-])c(OC)c1. The van der Waals surface area contributed by atoms with Gasteiger partial charge in [-0.1, -0.05) is 36.4 Å². The van der Waals surface area contributed by atoms with Gasteiger partial charge in [-0.05, 0) is 6.07 Å². The topological polar surface area (TPSA) is 61.6 Å². The molecule has 0 saturated carbocycles. The normalized spacial score (nSPS) is 11.7. The fourth-order valence-electron chi connectivity index (χ4n) is 2.06. The minimum absolute atomic E-state index is 0.320. The van der Waals surface area contributed by atoms with Gasteiger partial charge in [0.15, 0.2) is 0 Å². The Kier molecular flexibility index (Phi) is 4.77. The van der Waals surface area contributed by atoms with E-state index in [0.29, 0.717) is 22.6 Å². The number of nitrogens with zero attached hydrogens (tertiary/aromatic N) is 1. The van der Waals surface area contributed by atoms with Gasteiger partial charge in [-0.25, -0.2) is 0 Å². The van der Waals surface area contributed by atoms with Gasteiger partial charge in [-0.15, -0.1) is 0 Å². The number of ether oxygens (including phenoxy) is 2. The summed E-state index contributed by atoms with van der Waals surface area (Å²) >= 11 is 0. The Morgan fingerprint density at radius 3 is 2.38 bits per heavy atom. The standard InChI is InChI=1S/C16H16NO4/c1-20-14-9-8-13(16(11-14)21-2)10-15(17(18)19)12-6-4-3-5-7-12/h3-11,15H,1-2H3. The lowest BCUT2D eigenvalue weighted by molar-refractivity contribution is -0.519. The van der Waals surface area contributed by atoms with Crippen molar-refractivity contribution in [2.45, 2.75) is 6.04 Å². The van der Waals surface area contributed by atoms with Crippen LogP contribution >= 0.6 is 0 Å². The van der Waals surface area contributed by atoms with E-state index in [4.69, 9.17) is 9.47 Å². The molecule has 0 heterocycles. The molecule has 0 spiro atoms. The number of hydrogen-bond acceptors (Lipinski definition) is 4. The van der Waals surface area contributed by atoms with Crippen LogP contribution in [0.2, 0.25) is 0 Å². The van der Waals surface area contributed by atoms with Crippen LogP contribution in [0, 0.1) is 16.5 Å². The molecular formula is C16H16NO4. The smallest absolute Gasteiger partial charge is 0.245 e. The molecule has 5 heteroatoms. The number of benzene rings is 2. The Morgan fingerprint density at radius 1 is 1.10 bits per heavy atom. The van der Waals surface area contributed by atoms with Crippen LogP contribution in [0.25, 0.3) is 0 Å². The molecule has 109 valence electrons. The van der Waals surface area contributed by atoms with Crippen LogP contribution < -0.4 is 9.47 Å². The summed E-state index contributed by atoms with van der Waals surface area (Å²) in [4.78, 5) is 11.0. The van der Waals surface area contributed by atoms with Crippen molar-refractivity contribution in [2.75, 3.05) is 14.2 Å². The van der Waals surface area contributed by atoms with Crippen molar-refractivity contribution in [2.24, 2.45) is 0 Å². The van der Waals surface area contributed by atoms with E-state index in [-0.39, 0.29) is 4.92 Å². The minimum Gasteiger partial charge on any atom is -0.497 e. The summed E-state index contributed by atoms with van der Waals surface area (Å²) in [5.74, 6) is 1.18. The van der Waals surface area contributed by atoms with Gasteiger partial charge in [-0.3, -0.25) is 10.1 Å². The van der Waals surface area contributed by atoms with E-state index in [9.17, 15) is 10.1 Å². The molecule has 2 rings (SSSR count). The Hall–Kier alpha value is -2.56. The van der Waals surface area contributed by atoms with E-state index < -0.39 is 6.04 Å². The van der Waals surface area contributed by atoms with Crippen molar-refractivity contribution in [3.8, 4) is 11.5 Å². The largest absolute Gasteiger partial charge is 0.497 e. The molecule has 2 aromatic carbocycles. The maximum atomic E-state index is 11.3. The molecule has 0 aliphatic heterocycles. The Morgan fingerprint density at radius 2 is 1.81 bits per heavy atom. The third kappa shape index (κ3) is 3.51. The average molecular weight is 286 g/mol. The number of methoxy groups -OCH3 is 2. The van der Waals surface area contributed by atoms with Gasteiger partial charge in [0, 0.05) is 22.1 Å². The first-order chi connectivity index (χ1) is 10.2. The zero-order valence-electron chi connectivity index (χ0n) is 11.9. The summed E-state index contributed by atoms with van der Waals surface area (Å²) in [6.07, 6.45) is 1.58. The quantitative estimate of drug-likeness (QED) is 0.604. The molecule has 0 aliphatic carbocycles. The maximum Gasteiger partial charge on any atom is 0.245 e. The van der Waals surface area contributed by atoms with E-state index >= 15 is 0 Å². The van der Waals surface area contributed by atoms with Gasteiger partial charge in [0.2, 0.25) is 6.04 Å². The van der Waals surface area contributed by atoms with E-state index in [1.54, 1.807) is 56.0 Å². The fraction of sp³-hybridized carbons (Fsp3) is 0.188. The molecule has 1 atom stereocenters. The lowest BCUT2D eigenvalue weighted by atomic mass is 9.98. The second-order valence-corrected chi connectivity index (χ2v) is 4.42. The van der Waals surface area contributed by atoms with Crippen LogP contribution in [0.3, 0.4) is 0 Å². The molecule has 0 amide bonds. The predicted octanol–water partition coefficient (Wildman–Crippen LogP) is 3.27. The molecule has 0 aromatic heterocycles. The highest BCUT2D eigenvalue weighted by Crippen LogP contribution is 2.31. The second kappa shape index (κ2) is 6.74. The fourth-order valence-corrected chi connectivity index (χ4v) is 2.06. The van der Waals surface area contributed by atoms with Gasteiger partial charge in [0.25, 0.3) is 0 Å². The van der Waals surface area contributed by atoms with Gasteiger partial charge in [0.1, 0.15) is 11.5 Å². The van der Waals surface area contributed by atoms with E-state index in [1.807, 2.05) is 6.07 Å². The van der Waals surface area contributed by atoms with Crippen LogP contribution in [-0.2, 0) is 0 Å². The number of nitro groups is 1. The van der Waals surface area contributed by atoms with Crippen molar-refractivity contribution in [1.82, 2.24) is 0 Å². The van der Waals surface area contributed by atoms with Crippen LogP contribution in [-0.4, -0.2) is 19.1 Å². The number of hydrogen-bond donors (Lipinski definition) is 0.